The lowest BCUT2D eigenvalue weighted by atomic mass is 9.93. The van der Waals surface area contributed by atoms with Crippen LogP contribution in [0.2, 0.25) is 0 Å². The van der Waals surface area contributed by atoms with E-state index in [9.17, 15) is 0 Å². The minimum atomic E-state index is 0.215. The molecule has 2 unspecified atom stereocenters. The van der Waals surface area contributed by atoms with Gasteiger partial charge in [0.2, 0.25) is 0 Å². The van der Waals surface area contributed by atoms with Crippen molar-refractivity contribution < 1.29 is 0 Å². The molecule has 2 heterocycles. The molecule has 1 aromatic rings. The first-order chi connectivity index (χ1) is 10.2. The maximum Gasteiger partial charge on any atom is 0.0480 e. The predicted molar refractivity (Wildman–Crippen MR) is 88.5 cm³/mol. The van der Waals surface area contributed by atoms with Crippen LogP contribution in [0.15, 0.2) is 17.5 Å². The Hall–Kier alpha value is -0.420. The number of thiophene rings is 1. The molecular weight excluding hydrogens is 278 g/mol. The normalized spacial score (nSPS) is 34.0. The van der Waals surface area contributed by atoms with Crippen LogP contribution in [-0.4, -0.2) is 46.6 Å². The zero-order chi connectivity index (χ0) is 14.4. The number of nitrogens with two attached hydrogens (primary N) is 1. The summed E-state index contributed by atoms with van der Waals surface area (Å²) in [5, 5.41) is 2.20. The van der Waals surface area contributed by atoms with Gasteiger partial charge in [-0.05, 0) is 50.5 Å². The minimum Gasteiger partial charge on any atom is -0.329 e. The Labute approximate surface area is 132 Å². The first kappa shape index (κ1) is 14.2. The summed E-state index contributed by atoms with van der Waals surface area (Å²) in [7, 11) is 0. The third kappa shape index (κ3) is 2.67. The molecule has 3 nitrogen and oxygen atoms in total. The van der Waals surface area contributed by atoms with Crippen molar-refractivity contribution in [2.75, 3.05) is 13.1 Å². The molecule has 0 aromatic carbocycles. The van der Waals surface area contributed by atoms with Crippen LogP contribution in [0.1, 0.15) is 43.9 Å². The third-order valence-electron chi connectivity index (χ3n) is 5.62. The maximum absolute atomic E-state index is 6.34. The average Bonchev–Trinajstić information content (AvgIpc) is 3.41. The molecule has 21 heavy (non-hydrogen) atoms. The molecule has 2 saturated carbocycles. The molecule has 1 aromatic heterocycles. The number of hydrogen-bond acceptors (Lipinski definition) is 4. The van der Waals surface area contributed by atoms with Crippen molar-refractivity contribution in [3.63, 3.8) is 0 Å². The van der Waals surface area contributed by atoms with E-state index in [1.165, 1.54) is 43.5 Å². The second-order valence-corrected chi connectivity index (χ2v) is 8.36. The van der Waals surface area contributed by atoms with Gasteiger partial charge in [-0.15, -0.1) is 11.3 Å². The van der Waals surface area contributed by atoms with E-state index in [1.807, 2.05) is 11.3 Å². The van der Waals surface area contributed by atoms with Gasteiger partial charge in [0, 0.05) is 48.2 Å². The first-order valence-corrected chi connectivity index (χ1v) is 9.35. The van der Waals surface area contributed by atoms with Gasteiger partial charge in [0.15, 0.2) is 0 Å². The molecule has 4 heteroatoms. The van der Waals surface area contributed by atoms with Crippen molar-refractivity contribution in [1.29, 1.82) is 0 Å². The highest BCUT2D eigenvalue weighted by molar-refractivity contribution is 7.09. The molecule has 4 rings (SSSR count). The largest absolute Gasteiger partial charge is 0.329 e. The van der Waals surface area contributed by atoms with Crippen molar-refractivity contribution in [3.05, 3.63) is 22.4 Å². The minimum absolute atomic E-state index is 0.215. The van der Waals surface area contributed by atoms with Crippen molar-refractivity contribution in [1.82, 2.24) is 9.80 Å². The maximum atomic E-state index is 6.34. The van der Waals surface area contributed by atoms with Gasteiger partial charge >= 0.3 is 0 Å². The summed E-state index contributed by atoms with van der Waals surface area (Å²) < 4.78 is 0. The second kappa shape index (κ2) is 5.34. The van der Waals surface area contributed by atoms with E-state index in [1.54, 1.807) is 0 Å². The zero-order valence-electron chi connectivity index (χ0n) is 13.0. The molecule has 2 atom stereocenters. The quantitative estimate of drug-likeness (QED) is 0.877. The summed E-state index contributed by atoms with van der Waals surface area (Å²) in [6.07, 6.45) is 6.79. The van der Waals surface area contributed by atoms with E-state index in [2.05, 4.69) is 34.2 Å². The van der Waals surface area contributed by atoms with E-state index >= 15 is 0 Å². The fourth-order valence-electron chi connectivity index (χ4n) is 4.24. The van der Waals surface area contributed by atoms with E-state index in [-0.39, 0.29) is 5.54 Å². The molecule has 0 radical (unpaired) electrons. The SMILES string of the molecule is CC1CC(CN)(N(Cc2cccs2)C2CC2)CN1C1CC1. The average molecular weight is 305 g/mol. The van der Waals surface area contributed by atoms with Gasteiger partial charge < -0.3 is 5.73 Å². The van der Waals surface area contributed by atoms with Gasteiger partial charge in [-0.25, -0.2) is 0 Å². The summed E-state index contributed by atoms with van der Waals surface area (Å²) in [6, 6.07) is 6.79. The van der Waals surface area contributed by atoms with Crippen LogP contribution >= 0.6 is 11.3 Å². The van der Waals surface area contributed by atoms with Crippen molar-refractivity contribution >= 4 is 11.3 Å². The molecule has 3 fully saturated rings. The Bertz CT molecular complexity index is 480. The first-order valence-electron chi connectivity index (χ1n) is 8.47. The van der Waals surface area contributed by atoms with Gasteiger partial charge in [-0.3, -0.25) is 9.80 Å². The lowest BCUT2D eigenvalue weighted by Crippen LogP contribution is -2.56. The molecule has 1 aliphatic heterocycles. The Morgan fingerprint density at radius 1 is 1.38 bits per heavy atom. The molecule has 2 aliphatic carbocycles. The van der Waals surface area contributed by atoms with E-state index in [0.29, 0.717) is 6.04 Å². The predicted octanol–water partition coefficient (Wildman–Crippen LogP) is 2.67. The van der Waals surface area contributed by atoms with Gasteiger partial charge in [-0.2, -0.15) is 0 Å². The summed E-state index contributed by atoms with van der Waals surface area (Å²) in [4.78, 5) is 7.02. The summed E-state index contributed by atoms with van der Waals surface area (Å²) >= 11 is 1.89. The van der Waals surface area contributed by atoms with Crippen LogP contribution in [-0.2, 0) is 6.54 Å². The monoisotopic (exact) mass is 305 g/mol. The van der Waals surface area contributed by atoms with E-state index in [0.717, 1.165) is 25.2 Å². The van der Waals surface area contributed by atoms with Crippen molar-refractivity contribution in [2.45, 2.75) is 69.2 Å². The Balaban J connectivity index is 1.57. The molecule has 2 N–H and O–H groups in total. The highest BCUT2D eigenvalue weighted by Gasteiger charge is 2.52. The van der Waals surface area contributed by atoms with Gasteiger partial charge in [0.05, 0.1) is 0 Å². The van der Waals surface area contributed by atoms with Crippen molar-refractivity contribution in [3.8, 4) is 0 Å². The molecule has 1 saturated heterocycles. The Morgan fingerprint density at radius 3 is 2.76 bits per heavy atom. The highest BCUT2D eigenvalue weighted by Crippen LogP contribution is 2.44. The van der Waals surface area contributed by atoms with Crippen LogP contribution in [0, 0.1) is 0 Å². The zero-order valence-corrected chi connectivity index (χ0v) is 13.8. The summed E-state index contributed by atoms with van der Waals surface area (Å²) in [5.74, 6) is 0. The van der Waals surface area contributed by atoms with Crippen molar-refractivity contribution in [2.24, 2.45) is 5.73 Å². The van der Waals surface area contributed by atoms with E-state index in [4.69, 9.17) is 5.73 Å². The number of rotatable bonds is 6. The van der Waals surface area contributed by atoms with Crippen LogP contribution in [0.5, 0.6) is 0 Å². The number of likely N-dealkylation sites (tertiary alicyclic amines) is 1. The van der Waals surface area contributed by atoms with Crippen LogP contribution in [0.25, 0.3) is 0 Å². The Morgan fingerprint density at radius 2 is 2.19 bits per heavy atom. The standard InChI is InChI=1S/C17H27N3S/c1-13-9-17(11-18,12-19(13)14-4-5-14)20(15-6-7-15)10-16-3-2-8-21-16/h2-3,8,13-15H,4-7,9-12,18H2,1H3. The van der Waals surface area contributed by atoms with Crippen LogP contribution < -0.4 is 5.73 Å². The topological polar surface area (TPSA) is 32.5 Å². The van der Waals surface area contributed by atoms with Gasteiger partial charge in [-0.1, -0.05) is 6.07 Å². The summed E-state index contributed by atoms with van der Waals surface area (Å²) in [5.41, 5.74) is 6.56. The lowest BCUT2D eigenvalue weighted by molar-refractivity contribution is 0.0815. The van der Waals surface area contributed by atoms with Crippen LogP contribution in [0.4, 0.5) is 0 Å². The van der Waals surface area contributed by atoms with Gasteiger partial charge in [0.1, 0.15) is 0 Å². The van der Waals surface area contributed by atoms with Gasteiger partial charge in [0.25, 0.3) is 0 Å². The number of hydrogen-bond donors (Lipinski definition) is 1. The highest BCUT2D eigenvalue weighted by atomic mass is 32.1. The molecular formula is C17H27N3S. The third-order valence-corrected chi connectivity index (χ3v) is 6.48. The smallest absolute Gasteiger partial charge is 0.0480 e. The van der Waals surface area contributed by atoms with Crippen LogP contribution in [0.3, 0.4) is 0 Å². The summed E-state index contributed by atoms with van der Waals surface area (Å²) in [6.45, 7) is 5.51. The fraction of sp³-hybridized carbons (Fsp3) is 0.765. The molecule has 0 bridgehead atoms. The lowest BCUT2D eigenvalue weighted by Gasteiger charge is -2.41. The fourth-order valence-corrected chi connectivity index (χ4v) is 4.94. The molecule has 0 amide bonds. The molecule has 116 valence electrons. The Kier molecular flexibility index (Phi) is 3.61. The molecule has 0 spiro atoms. The van der Waals surface area contributed by atoms with E-state index < -0.39 is 0 Å². The second-order valence-electron chi connectivity index (χ2n) is 7.32. The molecule has 3 aliphatic rings. The number of nitrogens with zero attached hydrogens (tertiary/aromatic N) is 2.